The average molecular weight is 741 g/mol. The summed E-state index contributed by atoms with van der Waals surface area (Å²) in [5.41, 5.74) is 5.99. The number of carboxylic acid groups (broad SMARTS) is 1. The molecule has 5 aromatic rings. The molecule has 55 heavy (non-hydrogen) atoms. The third kappa shape index (κ3) is 7.14. The number of carbonyl (C=O) groups is 3. The van der Waals surface area contributed by atoms with E-state index in [-0.39, 0.29) is 29.9 Å². The quantitative estimate of drug-likeness (QED) is 0.105. The Labute approximate surface area is 321 Å². The van der Waals surface area contributed by atoms with Gasteiger partial charge in [0.1, 0.15) is 23.2 Å². The first kappa shape index (κ1) is 36.2. The van der Waals surface area contributed by atoms with Crippen molar-refractivity contribution in [1.29, 1.82) is 0 Å². The number of aromatic nitrogens is 4. The topological polar surface area (TPSA) is 151 Å². The van der Waals surface area contributed by atoms with Gasteiger partial charge in [0, 0.05) is 13.1 Å². The van der Waals surface area contributed by atoms with Gasteiger partial charge in [0.25, 0.3) is 0 Å². The zero-order valence-corrected chi connectivity index (χ0v) is 31.4. The van der Waals surface area contributed by atoms with Crippen LogP contribution in [0.2, 0.25) is 0 Å². The van der Waals surface area contributed by atoms with Crippen molar-refractivity contribution in [1.82, 2.24) is 40.0 Å². The molecule has 3 atom stereocenters. The maximum absolute atomic E-state index is 14.2. The minimum Gasteiger partial charge on any atom is -0.465 e. The molecule has 0 bridgehead atoms. The molecule has 0 radical (unpaired) electrons. The number of imidazole rings is 2. The molecule has 1 saturated carbocycles. The van der Waals surface area contributed by atoms with Gasteiger partial charge in [-0.25, -0.2) is 14.8 Å². The van der Waals surface area contributed by atoms with E-state index in [1.54, 1.807) is 11.1 Å². The molecular weight excluding hydrogens is 693 g/mol. The summed E-state index contributed by atoms with van der Waals surface area (Å²) in [5.74, 6) is 1.51. The minimum atomic E-state index is -1.17. The van der Waals surface area contributed by atoms with Crippen LogP contribution in [-0.2, 0) is 9.59 Å². The molecule has 0 spiro atoms. The maximum atomic E-state index is 14.2. The lowest BCUT2D eigenvalue weighted by Gasteiger charge is -2.34. The van der Waals surface area contributed by atoms with Gasteiger partial charge in [0.2, 0.25) is 11.8 Å². The fourth-order valence-electron chi connectivity index (χ4n) is 8.49. The van der Waals surface area contributed by atoms with Crippen molar-refractivity contribution in [2.24, 2.45) is 0 Å². The second-order valence-electron chi connectivity index (χ2n) is 14.9. The molecule has 1 aliphatic carbocycles. The van der Waals surface area contributed by atoms with E-state index in [2.05, 4.69) is 99.7 Å². The number of aromatic amines is 2. The number of likely N-dealkylation sites (tertiary alicyclic amines) is 2. The third-order valence-corrected chi connectivity index (χ3v) is 11.6. The van der Waals surface area contributed by atoms with Crippen LogP contribution in [0.1, 0.15) is 87.7 Å². The number of carbonyl (C=O) groups excluding carboxylic acids is 2. The second-order valence-corrected chi connectivity index (χ2v) is 14.9. The Morgan fingerprint density at radius 3 is 1.75 bits per heavy atom. The van der Waals surface area contributed by atoms with Crippen LogP contribution in [0, 0.1) is 0 Å². The van der Waals surface area contributed by atoms with Crippen molar-refractivity contribution < 1.29 is 19.5 Å². The maximum Gasteiger partial charge on any atom is 0.405 e. The molecule has 3 aliphatic rings. The van der Waals surface area contributed by atoms with E-state index < -0.39 is 11.6 Å². The van der Waals surface area contributed by atoms with Gasteiger partial charge >= 0.3 is 6.09 Å². The zero-order valence-electron chi connectivity index (χ0n) is 31.4. The molecule has 3 fully saturated rings. The molecular formula is C43H48N8O4. The molecule has 2 saturated heterocycles. The van der Waals surface area contributed by atoms with Crippen molar-refractivity contribution >= 4 is 17.9 Å². The number of rotatable bonds is 12. The molecule has 12 nitrogen and oxygen atoms in total. The second kappa shape index (κ2) is 15.2. The molecule has 3 aromatic carbocycles. The predicted molar refractivity (Wildman–Crippen MR) is 210 cm³/mol. The number of hydrogen-bond acceptors (Lipinski definition) is 6. The van der Waals surface area contributed by atoms with Gasteiger partial charge < -0.3 is 30.2 Å². The molecule has 4 N–H and O–H groups in total. The molecule has 12 heteroatoms. The van der Waals surface area contributed by atoms with Crippen molar-refractivity contribution in [3.8, 4) is 33.6 Å². The number of hydrogen-bond donors (Lipinski definition) is 4. The first-order chi connectivity index (χ1) is 26.8. The van der Waals surface area contributed by atoms with Crippen molar-refractivity contribution in [2.75, 3.05) is 26.2 Å². The summed E-state index contributed by atoms with van der Waals surface area (Å²) in [7, 11) is 0. The smallest absolute Gasteiger partial charge is 0.405 e. The normalized spacial score (nSPS) is 19.5. The number of likely N-dealkylation sites (N-methyl/N-ethyl adjacent to an activating group) is 1. The van der Waals surface area contributed by atoms with Crippen molar-refractivity contribution in [3.05, 3.63) is 108 Å². The highest BCUT2D eigenvalue weighted by atomic mass is 16.4. The summed E-state index contributed by atoms with van der Waals surface area (Å²) in [6.07, 6.45) is 7.00. The van der Waals surface area contributed by atoms with Gasteiger partial charge in [0.05, 0.1) is 35.9 Å². The summed E-state index contributed by atoms with van der Waals surface area (Å²) < 4.78 is 0. The number of nitrogens with one attached hydrogen (secondary N) is 3. The van der Waals surface area contributed by atoms with Crippen LogP contribution < -0.4 is 5.32 Å². The van der Waals surface area contributed by atoms with Crippen molar-refractivity contribution in [2.45, 2.75) is 76.0 Å². The van der Waals surface area contributed by atoms with Crippen LogP contribution in [0.3, 0.4) is 0 Å². The van der Waals surface area contributed by atoms with Crippen LogP contribution in [0.4, 0.5) is 4.79 Å². The van der Waals surface area contributed by atoms with E-state index in [9.17, 15) is 19.5 Å². The van der Waals surface area contributed by atoms with E-state index in [0.717, 1.165) is 89.6 Å². The molecule has 3 amide bonds. The predicted octanol–water partition coefficient (Wildman–Crippen LogP) is 7.34. The number of benzene rings is 3. The van der Waals surface area contributed by atoms with E-state index in [1.165, 1.54) is 0 Å². The summed E-state index contributed by atoms with van der Waals surface area (Å²) >= 11 is 0. The lowest BCUT2D eigenvalue weighted by atomic mass is 10.0. The van der Waals surface area contributed by atoms with Crippen LogP contribution in [0.25, 0.3) is 33.6 Å². The monoisotopic (exact) mass is 740 g/mol. The van der Waals surface area contributed by atoms with Gasteiger partial charge in [-0.1, -0.05) is 92.7 Å². The summed E-state index contributed by atoms with van der Waals surface area (Å²) in [4.78, 5) is 61.3. The van der Waals surface area contributed by atoms with E-state index in [4.69, 9.17) is 4.98 Å². The van der Waals surface area contributed by atoms with Gasteiger partial charge in [-0.15, -0.1) is 0 Å². The molecule has 2 aliphatic heterocycles. The molecule has 2 aromatic heterocycles. The largest absolute Gasteiger partial charge is 0.465 e. The minimum absolute atomic E-state index is 0.0951. The molecule has 284 valence electrons. The third-order valence-electron chi connectivity index (χ3n) is 11.6. The molecule has 4 heterocycles. The molecule has 8 rings (SSSR count). The highest BCUT2D eigenvalue weighted by molar-refractivity contribution is 5.93. The standard InChI is InChI=1S/C43H48N8O4/c1-3-49(4-2)37(32-10-6-5-7-11-32)40(52)50-24-8-12-35(50)38-44-26-33(46-38)30-18-14-28(15-19-30)29-16-20-31(21-17-29)34-27-45-39(47-34)36-13-9-25-51(36)41(53)43(22-23-43)48-42(54)55/h5-7,10-11,14-21,26-27,35-37,48H,3-4,8-9,12-13,22-25H2,1-2H3,(H,44,46)(H,45,47)(H,54,55)/t35-,36-,37+/m0/s1. The lowest BCUT2D eigenvalue weighted by Crippen LogP contribution is -2.50. The van der Waals surface area contributed by atoms with Gasteiger partial charge in [-0.05, 0) is 79.4 Å². The lowest BCUT2D eigenvalue weighted by molar-refractivity contribution is -0.138. The Morgan fingerprint density at radius 1 is 0.764 bits per heavy atom. The molecule has 0 unspecified atom stereocenters. The Hall–Kier alpha value is -5.75. The highest BCUT2D eigenvalue weighted by Crippen LogP contribution is 2.42. The Bertz CT molecular complexity index is 2140. The van der Waals surface area contributed by atoms with Crippen molar-refractivity contribution in [3.63, 3.8) is 0 Å². The Balaban J connectivity index is 0.931. The first-order valence-electron chi connectivity index (χ1n) is 19.5. The Kier molecular flexibility index (Phi) is 10.00. The van der Waals surface area contributed by atoms with E-state index >= 15 is 0 Å². The fourth-order valence-corrected chi connectivity index (χ4v) is 8.49. The van der Waals surface area contributed by atoms with Gasteiger partial charge in [-0.3, -0.25) is 14.5 Å². The SMILES string of the molecule is CCN(CC)[C@@H](C(=O)N1CCC[C@H]1c1ncc(-c2ccc(-c3ccc(-c4cnc([C@@H]5CCCN5C(=O)C5(NC(=O)O)CC5)[nH]4)cc3)cc2)[nH]1)c1ccccc1. The summed E-state index contributed by atoms with van der Waals surface area (Å²) in [6, 6.07) is 26.2. The van der Waals surface area contributed by atoms with E-state index in [1.807, 2.05) is 29.3 Å². The van der Waals surface area contributed by atoms with Gasteiger partial charge in [0.15, 0.2) is 0 Å². The fraction of sp³-hybridized carbons (Fsp3) is 0.372. The average Bonchev–Trinajstić information content (AvgIpc) is 3.79. The number of nitrogens with zero attached hydrogens (tertiary/aromatic N) is 5. The summed E-state index contributed by atoms with van der Waals surface area (Å²) in [5, 5.41) is 11.7. The van der Waals surface area contributed by atoms with Crippen LogP contribution in [-0.4, -0.2) is 89.4 Å². The van der Waals surface area contributed by atoms with Crippen LogP contribution in [0.15, 0.2) is 91.3 Å². The zero-order chi connectivity index (χ0) is 38.1. The number of amides is 3. The Morgan fingerprint density at radius 2 is 1.25 bits per heavy atom. The van der Waals surface area contributed by atoms with Crippen LogP contribution in [0.5, 0.6) is 0 Å². The van der Waals surface area contributed by atoms with E-state index in [0.29, 0.717) is 25.9 Å². The first-order valence-corrected chi connectivity index (χ1v) is 19.5. The van der Waals surface area contributed by atoms with Crippen LogP contribution >= 0.6 is 0 Å². The number of H-pyrrole nitrogens is 2. The van der Waals surface area contributed by atoms with Gasteiger partial charge in [-0.2, -0.15) is 0 Å². The summed E-state index contributed by atoms with van der Waals surface area (Å²) in [6.45, 7) is 7.10. The highest BCUT2D eigenvalue weighted by Gasteiger charge is 2.55.